The third kappa shape index (κ3) is 2.08. The predicted octanol–water partition coefficient (Wildman–Crippen LogP) is 1.43. The average Bonchev–Trinajstić information content (AvgIpc) is 2.73. The summed E-state index contributed by atoms with van der Waals surface area (Å²) >= 11 is 0. The first-order valence-electron chi connectivity index (χ1n) is 4.85. The number of benzene rings is 1. The van der Waals surface area contributed by atoms with Crippen molar-refractivity contribution in [2.45, 2.75) is 0 Å². The zero-order valence-corrected chi connectivity index (χ0v) is 10.8. The molecule has 0 fully saturated rings. The maximum absolute atomic E-state index is 11.1. The molecule has 3 rings (SSSR count). The SMILES string of the molecule is Cl.Cl.NC(=O)C1=C2COc3ccccc3[N+]2C=N1. The van der Waals surface area contributed by atoms with Gasteiger partial charge in [0.1, 0.15) is 0 Å². The quantitative estimate of drug-likeness (QED) is 0.794. The minimum atomic E-state index is -0.531. The summed E-state index contributed by atoms with van der Waals surface area (Å²) in [6.07, 6.45) is 1.59. The smallest absolute Gasteiger partial charge is 0.273 e. The van der Waals surface area contributed by atoms with Crippen LogP contribution in [0.3, 0.4) is 0 Å². The van der Waals surface area contributed by atoms with Crippen LogP contribution in [0.15, 0.2) is 40.7 Å². The van der Waals surface area contributed by atoms with Crippen LogP contribution in [0.4, 0.5) is 5.69 Å². The van der Waals surface area contributed by atoms with Crippen LogP contribution in [0.1, 0.15) is 0 Å². The van der Waals surface area contributed by atoms with Gasteiger partial charge in [-0.1, -0.05) is 12.1 Å². The number of anilines is 1. The van der Waals surface area contributed by atoms with Crippen molar-refractivity contribution in [3.05, 3.63) is 35.7 Å². The van der Waals surface area contributed by atoms with Gasteiger partial charge in [0.2, 0.25) is 11.4 Å². The van der Waals surface area contributed by atoms with Gasteiger partial charge in [-0.15, -0.1) is 24.8 Å². The van der Waals surface area contributed by atoms with E-state index < -0.39 is 5.91 Å². The summed E-state index contributed by atoms with van der Waals surface area (Å²) in [4.78, 5) is 17.0. The lowest BCUT2D eigenvalue weighted by molar-refractivity contribution is -0.114. The third-order valence-corrected chi connectivity index (χ3v) is 2.59. The van der Waals surface area contributed by atoms with E-state index in [1.165, 1.54) is 0 Å². The Morgan fingerprint density at radius 1 is 1.33 bits per heavy atom. The van der Waals surface area contributed by atoms with Crippen molar-refractivity contribution in [2.24, 2.45) is 10.7 Å². The second-order valence-electron chi connectivity index (χ2n) is 3.53. The van der Waals surface area contributed by atoms with Crippen molar-refractivity contribution >= 4 is 42.7 Å². The lowest BCUT2D eigenvalue weighted by Crippen LogP contribution is -2.29. The molecule has 18 heavy (non-hydrogen) atoms. The molecule has 7 heteroatoms. The number of rotatable bonds is 1. The number of carbonyl (C=O) groups excluding carboxylic acids is 1. The van der Waals surface area contributed by atoms with Gasteiger partial charge in [0.15, 0.2) is 18.1 Å². The summed E-state index contributed by atoms with van der Waals surface area (Å²) in [6, 6.07) is 7.59. The van der Waals surface area contributed by atoms with Crippen LogP contribution in [0, 0.1) is 0 Å². The summed E-state index contributed by atoms with van der Waals surface area (Å²) in [6.45, 7) is 0.315. The van der Waals surface area contributed by atoms with Crippen LogP contribution in [-0.2, 0) is 4.79 Å². The highest BCUT2D eigenvalue weighted by molar-refractivity contribution is 5.98. The molecule has 5 nitrogen and oxygen atoms in total. The number of nitrogens with zero attached hydrogens (tertiary/aromatic N) is 2. The zero-order chi connectivity index (χ0) is 11.1. The first kappa shape index (κ1) is 14.5. The van der Waals surface area contributed by atoms with E-state index in [4.69, 9.17) is 10.5 Å². The van der Waals surface area contributed by atoms with E-state index in [1.807, 2.05) is 29.2 Å². The van der Waals surface area contributed by atoms with Crippen LogP contribution in [0.5, 0.6) is 5.75 Å². The topological polar surface area (TPSA) is 70.6 Å². The molecule has 2 aliphatic rings. The third-order valence-electron chi connectivity index (χ3n) is 2.59. The Bertz CT molecular complexity index is 543. The van der Waals surface area contributed by atoms with E-state index in [-0.39, 0.29) is 30.5 Å². The summed E-state index contributed by atoms with van der Waals surface area (Å²) < 4.78 is 5.53. The van der Waals surface area contributed by atoms with Crippen molar-refractivity contribution in [1.29, 1.82) is 0 Å². The van der Waals surface area contributed by atoms with Gasteiger partial charge in [-0.25, -0.2) is 0 Å². The van der Waals surface area contributed by atoms with E-state index in [0.717, 1.165) is 11.4 Å². The van der Waals surface area contributed by atoms with Gasteiger partial charge < -0.3 is 10.5 Å². The van der Waals surface area contributed by atoms with Crippen molar-refractivity contribution in [2.75, 3.05) is 6.61 Å². The van der Waals surface area contributed by atoms with E-state index >= 15 is 0 Å². The average molecular weight is 288 g/mol. The molecule has 2 heterocycles. The Labute approximate surface area is 116 Å². The van der Waals surface area contributed by atoms with Gasteiger partial charge in [-0.05, 0) is 11.0 Å². The first-order chi connectivity index (χ1) is 7.77. The van der Waals surface area contributed by atoms with Gasteiger partial charge in [0, 0.05) is 6.07 Å². The van der Waals surface area contributed by atoms with E-state index in [0.29, 0.717) is 12.3 Å². The molecule has 0 saturated carbocycles. The van der Waals surface area contributed by atoms with Crippen molar-refractivity contribution in [3.8, 4) is 5.75 Å². The first-order valence-corrected chi connectivity index (χ1v) is 4.85. The molecular formula is C11H11Cl2N3O2+. The van der Waals surface area contributed by atoms with E-state index in [1.54, 1.807) is 6.34 Å². The number of ether oxygens (including phenoxy) is 1. The van der Waals surface area contributed by atoms with Gasteiger partial charge in [-0.3, -0.25) is 4.79 Å². The fraction of sp³-hybridized carbons (Fsp3) is 0.0909. The summed E-state index contributed by atoms with van der Waals surface area (Å²) in [5.74, 6) is 0.250. The van der Waals surface area contributed by atoms with Gasteiger partial charge >= 0.3 is 0 Å². The number of aliphatic imine (C=N–C) groups is 1. The van der Waals surface area contributed by atoms with Crippen molar-refractivity contribution in [1.82, 2.24) is 4.90 Å². The zero-order valence-electron chi connectivity index (χ0n) is 9.20. The molecule has 0 atom stereocenters. The predicted molar refractivity (Wildman–Crippen MR) is 72.9 cm³/mol. The monoisotopic (exact) mass is 287 g/mol. The Morgan fingerprint density at radius 2 is 2.06 bits per heavy atom. The Kier molecular flexibility index (Phi) is 4.34. The lowest BCUT2D eigenvalue weighted by atomic mass is 10.2. The van der Waals surface area contributed by atoms with Gasteiger partial charge in [0.25, 0.3) is 12.2 Å². The molecule has 0 spiro atoms. The Morgan fingerprint density at radius 3 is 2.78 bits per heavy atom. The van der Waals surface area contributed by atoms with Gasteiger partial charge in [-0.2, -0.15) is 4.99 Å². The molecule has 1 aromatic carbocycles. The number of halogens is 2. The number of para-hydroxylation sites is 2. The fourth-order valence-corrected chi connectivity index (χ4v) is 1.85. The molecule has 1 amide bonds. The van der Waals surface area contributed by atoms with Crippen LogP contribution >= 0.6 is 24.8 Å². The van der Waals surface area contributed by atoms with Crippen LogP contribution in [-0.4, -0.2) is 18.9 Å². The van der Waals surface area contributed by atoms with Gasteiger partial charge in [0.05, 0.1) is 0 Å². The molecule has 2 aliphatic heterocycles. The Balaban J connectivity index is 0.000000810. The molecular weight excluding hydrogens is 277 g/mol. The molecule has 95 valence electrons. The number of amides is 1. The second-order valence-corrected chi connectivity index (χ2v) is 3.53. The highest BCUT2D eigenvalue weighted by Gasteiger charge is 2.40. The lowest BCUT2D eigenvalue weighted by Gasteiger charge is -2.16. The number of primary amides is 1. The second kappa shape index (κ2) is 5.39. The molecule has 2 N–H and O–H groups in total. The number of hydrogen-bond donors (Lipinski definition) is 1. The molecule has 1 radical (unpaired) electrons. The normalized spacial score (nSPS) is 16.0. The maximum Gasteiger partial charge on any atom is 0.273 e. The number of fused-ring (bicyclic) bond motifs is 3. The summed E-state index contributed by atoms with van der Waals surface area (Å²) in [7, 11) is 0. The van der Waals surface area contributed by atoms with E-state index in [2.05, 4.69) is 4.99 Å². The molecule has 0 unspecified atom stereocenters. The minimum absolute atomic E-state index is 0. The van der Waals surface area contributed by atoms with Crippen molar-refractivity contribution in [3.63, 3.8) is 0 Å². The largest absolute Gasteiger partial charge is 0.476 e. The molecule has 0 saturated heterocycles. The molecule has 0 aromatic heterocycles. The standard InChI is InChI=1S/C11H9N3O2.2ClH/c12-11(15)10-8-5-16-9-4-2-1-3-7(9)14(8)6-13-10;;/h1-4,6H,5H2,(H2,12,15);2*1H/q+1;;. The maximum atomic E-state index is 11.1. The fourth-order valence-electron chi connectivity index (χ4n) is 1.85. The Hall–Kier alpha value is -1.56. The van der Waals surface area contributed by atoms with E-state index in [9.17, 15) is 4.79 Å². The van der Waals surface area contributed by atoms with Crippen LogP contribution < -0.4 is 15.4 Å². The van der Waals surface area contributed by atoms with Crippen LogP contribution in [0.2, 0.25) is 0 Å². The summed E-state index contributed by atoms with van der Waals surface area (Å²) in [5, 5.41) is 0. The van der Waals surface area contributed by atoms with Crippen molar-refractivity contribution < 1.29 is 9.53 Å². The highest BCUT2D eigenvalue weighted by Crippen LogP contribution is 2.36. The van der Waals surface area contributed by atoms with Crippen LogP contribution in [0.25, 0.3) is 0 Å². The minimum Gasteiger partial charge on any atom is -0.476 e. The summed E-state index contributed by atoms with van der Waals surface area (Å²) in [5.41, 5.74) is 7.08. The number of hydrogen-bond acceptors (Lipinski definition) is 4. The molecule has 1 aromatic rings. The number of nitrogens with two attached hydrogens (primary N) is 1. The molecule has 0 bridgehead atoms. The number of carbonyl (C=O) groups is 1. The molecule has 0 aliphatic carbocycles. The highest BCUT2D eigenvalue weighted by atomic mass is 35.5.